The summed E-state index contributed by atoms with van der Waals surface area (Å²) in [4.78, 5) is 37.6. The van der Waals surface area contributed by atoms with Crippen LogP contribution < -0.4 is 47.4 Å². The van der Waals surface area contributed by atoms with Crippen molar-refractivity contribution in [2.75, 3.05) is 58.3 Å². The summed E-state index contributed by atoms with van der Waals surface area (Å²) in [6.45, 7) is 22.1. The Hall–Kier alpha value is -6.94. The first kappa shape index (κ1) is 56.3. The van der Waals surface area contributed by atoms with Crippen molar-refractivity contribution in [3.8, 4) is 0 Å². The predicted molar refractivity (Wildman–Crippen MR) is 329 cm³/mol. The molecule has 0 saturated carbocycles. The summed E-state index contributed by atoms with van der Waals surface area (Å²) in [5, 5.41) is 48.2. The molecule has 0 unspecified atom stereocenters. The van der Waals surface area contributed by atoms with Gasteiger partial charge in [-0.15, -0.1) is 0 Å². The summed E-state index contributed by atoms with van der Waals surface area (Å²) in [5.41, 5.74) is 13.9. The van der Waals surface area contributed by atoms with Crippen LogP contribution in [0.3, 0.4) is 0 Å². The lowest BCUT2D eigenvalue weighted by Crippen LogP contribution is -2.63. The minimum atomic E-state index is -2.26. The third kappa shape index (κ3) is 11.5. The van der Waals surface area contributed by atoms with Gasteiger partial charge in [0.15, 0.2) is 0 Å². The molecule has 0 radical (unpaired) electrons. The topological polar surface area (TPSA) is 150 Å². The molecule has 7 aromatic carbocycles. The molecule has 0 aromatic heterocycles. The van der Waals surface area contributed by atoms with E-state index in [1.54, 1.807) is 19.9 Å². The number of likely N-dealkylation sites (N-methyl/N-ethyl adjacent to an activating group) is 1. The summed E-state index contributed by atoms with van der Waals surface area (Å²) in [7, 11) is -1.28. The number of nitrogens with one attached hydrogen (secondary N) is 2. The Morgan fingerprint density at radius 3 is 1.88 bits per heavy atom. The first-order chi connectivity index (χ1) is 38.5. The van der Waals surface area contributed by atoms with Gasteiger partial charge in [-0.25, -0.2) is 0 Å². The standard InChI is InChI=1S/C65H74B2N6O6Si/c1-42(2)64(74)69-27-15-30-72(38-47-17-9-13-21-57(47)66(76)77)40-55-49-19-11-12-20-50(49)56(41-73(31-16-28-70-65(75)43(3)4)39-48-18-10-14-22-58(48)67(78)79-6)52-35-46(23-24-51(52)55)63-53-33-44-25-29-68-59(44)36-61(53)80(7,8)62-37-60-45(34-54(62)63)26-32-71(60)5/h9-14,17-24,33-37,76-78H,1,3,15-16,25-32,38-41H2,2,4-8H3,(H,69,74)(H,70,75). The molecule has 2 amide bonds. The van der Waals surface area contributed by atoms with E-state index in [1.165, 1.54) is 50.7 Å². The summed E-state index contributed by atoms with van der Waals surface area (Å²) in [6, 6.07) is 41.1. The van der Waals surface area contributed by atoms with Crippen molar-refractivity contribution in [3.63, 3.8) is 0 Å². The molecule has 3 aliphatic rings. The highest BCUT2D eigenvalue weighted by molar-refractivity contribution is 7.01. The van der Waals surface area contributed by atoms with Crippen molar-refractivity contribution in [2.24, 2.45) is 4.99 Å². The number of rotatable bonds is 22. The van der Waals surface area contributed by atoms with Crippen molar-refractivity contribution in [3.05, 3.63) is 195 Å². The predicted octanol–water partition coefficient (Wildman–Crippen LogP) is 4.73. The quantitative estimate of drug-likeness (QED) is 0.0282. The van der Waals surface area contributed by atoms with Crippen molar-refractivity contribution in [2.45, 2.75) is 78.8 Å². The highest BCUT2D eigenvalue weighted by atomic mass is 28.3. The van der Waals surface area contributed by atoms with Crippen LogP contribution in [0.1, 0.15) is 71.2 Å². The van der Waals surface area contributed by atoms with Gasteiger partial charge in [-0.1, -0.05) is 111 Å². The number of hydrogen-bond acceptors (Lipinski definition) is 10. The molecule has 7 aromatic rings. The van der Waals surface area contributed by atoms with E-state index in [4.69, 9.17) is 9.65 Å². The van der Waals surface area contributed by atoms with Gasteiger partial charge in [-0.2, -0.15) is 0 Å². The number of anilines is 1. The number of carbonyl (C=O) groups is 2. The van der Waals surface area contributed by atoms with Crippen LogP contribution in [-0.4, -0.2) is 112 Å². The van der Waals surface area contributed by atoms with Gasteiger partial charge in [0, 0.05) is 96.4 Å². The van der Waals surface area contributed by atoms with Gasteiger partial charge in [0.2, 0.25) is 11.8 Å². The fourth-order valence-electron chi connectivity index (χ4n) is 12.4. The van der Waals surface area contributed by atoms with Crippen LogP contribution in [0, 0.1) is 0 Å². The fourth-order valence-corrected chi connectivity index (χ4v) is 15.4. The Morgan fingerprint density at radius 1 is 0.688 bits per heavy atom. The third-order valence-corrected chi connectivity index (χ3v) is 20.2. The van der Waals surface area contributed by atoms with E-state index in [0.717, 1.165) is 80.7 Å². The zero-order valence-electron chi connectivity index (χ0n) is 47.3. The summed E-state index contributed by atoms with van der Waals surface area (Å²) in [6.07, 6.45) is 3.24. The first-order valence-electron chi connectivity index (χ1n) is 28.1. The molecule has 0 spiro atoms. The molecule has 410 valence electrons. The Labute approximate surface area is 472 Å². The average molecular weight is 1090 g/mol. The van der Waals surface area contributed by atoms with Gasteiger partial charge in [-0.05, 0) is 168 Å². The Kier molecular flexibility index (Phi) is 16.9. The van der Waals surface area contributed by atoms with Crippen molar-refractivity contribution >= 4 is 88.2 Å². The number of hydrogen-bond donors (Lipinski definition) is 5. The maximum absolute atomic E-state index is 12.8. The van der Waals surface area contributed by atoms with Crippen molar-refractivity contribution in [1.29, 1.82) is 0 Å². The van der Waals surface area contributed by atoms with E-state index in [9.17, 15) is 24.7 Å². The van der Waals surface area contributed by atoms with Gasteiger partial charge in [-0.3, -0.25) is 24.4 Å². The molecular weight excluding hydrogens is 1010 g/mol. The van der Waals surface area contributed by atoms with Crippen LogP contribution in [0.5, 0.6) is 0 Å². The Morgan fingerprint density at radius 2 is 1.26 bits per heavy atom. The van der Waals surface area contributed by atoms with Gasteiger partial charge in [0.05, 0.1) is 5.36 Å². The molecule has 0 fully saturated rings. The summed E-state index contributed by atoms with van der Waals surface area (Å²) >= 11 is 0. The summed E-state index contributed by atoms with van der Waals surface area (Å²) in [5.74, 6) is -0.349. The third-order valence-electron chi connectivity index (χ3n) is 16.7. The molecule has 0 atom stereocenters. The second kappa shape index (κ2) is 24.0. The lowest BCUT2D eigenvalue weighted by atomic mass is 9.76. The summed E-state index contributed by atoms with van der Waals surface area (Å²) < 4.78 is 5.50. The molecule has 10 rings (SSSR count). The lowest BCUT2D eigenvalue weighted by molar-refractivity contribution is -0.118. The molecule has 0 saturated heterocycles. The SMILES string of the molecule is C=C(C)C(=O)NCCCN(Cc1ccccc1B(O)O)Cc1c2ccccc2c(CN(CCCNC(=O)C(=C)C)Cc2ccccc2B(O)OC)c2cc(C3=c4cc5c(cc4[Si](C)(C)c4cc6c(cc43)CCN6C)=NCC5)ccc12. The fraction of sp³-hybridized carbons (Fsp3) is 0.308. The maximum Gasteiger partial charge on any atom is 0.491 e. The van der Waals surface area contributed by atoms with Crippen LogP contribution in [0.15, 0.2) is 145 Å². The highest BCUT2D eigenvalue weighted by Crippen LogP contribution is 2.39. The van der Waals surface area contributed by atoms with Gasteiger partial charge in [0.1, 0.15) is 8.07 Å². The normalized spacial score (nSPS) is 14.0. The first-order valence-corrected chi connectivity index (χ1v) is 31.1. The second-order valence-corrected chi connectivity index (χ2v) is 27.0. The van der Waals surface area contributed by atoms with Gasteiger partial charge >= 0.3 is 14.2 Å². The largest absolute Gasteiger partial charge is 0.491 e. The van der Waals surface area contributed by atoms with Crippen LogP contribution >= 0.6 is 0 Å². The molecule has 3 heterocycles. The van der Waals surface area contributed by atoms with Crippen molar-refractivity contribution < 1.29 is 29.3 Å². The van der Waals surface area contributed by atoms with E-state index in [1.807, 2.05) is 36.4 Å². The molecule has 12 nitrogen and oxygen atoms in total. The molecule has 3 aliphatic heterocycles. The average Bonchev–Trinajstić information content (AvgIpc) is 2.49. The van der Waals surface area contributed by atoms with Gasteiger partial charge in [0.25, 0.3) is 0 Å². The molecule has 0 aliphatic carbocycles. The number of nitrogens with zero attached hydrogens (tertiary/aromatic N) is 4. The molecule has 15 heteroatoms. The Bertz CT molecular complexity index is 3720. The van der Waals surface area contributed by atoms with Crippen LogP contribution in [0.25, 0.3) is 27.1 Å². The number of fused-ring (bicyclic) bond motifs is 6. The van der Waals surface area contributed by atoms with Crippen molar-refractivity contribution in [1.82, 2.24) is 20.4 Å². The maximum atomic E-state index is 12.8. The molecule has 5 N–H and O–H groups in total. The van der Waals surface area contributed by atoms with Crippen LogP contribution in [0.2, 0.25) is 13.1 Å². The van der Waals surface area contributed by atoms with E-state index in [0.29, 0.717) is 87.3 Å². The zero-order valence-corrected chi connectivity index (χ0v) is 48.3. The van der Waals surface area contributed by atoms with Crippen LogP contribution in [0.4, 0.5) is 5.69 Å². The molecule has 80 heavy (non-hydrogen) atoms. The Balaban J connectivity index is 1.20. The lowest BCUT2D eigenvalue weighted by Gasteiger charge is -2.34. The minimum Gasteiger partial charge on any atom is -0.423 e. The van der Waals surface area contributed by atoms with E-state index < -0.39 is 22.3 Å². The number of benzene rings is 7. The molecule has 0 bridgehead atoms. The van der Waals surface area contributed by atoms with E-state index in [-0.39, 0.29) is 11.8 Å². The number of carbonyl (C=O) groups excluding carboxylic acids is 2. The zero-order chi connectivity index (χ0) is 56.4. The minimum absolute atomic E-state index is 0.169. The highest BCUT2D eigenvalue weighted by Gasteiger charge is 2.38. The second-order valence-electron chi connectivity index (χ2n) is 22.7. The van der Waals surface area contributed by atoms with Gasteiger partial charge < -0.3 is 35.3 Å². The van der Waals surface area contributed by atoms with Crippen LogP contribution in [-0.2, 0) is 53.3 Å². The monoisotopic (exact) mass is 1080 g/mol. The van der Waals surface area contributed by atoms with E-state index >= 15 is 0 Å². The molecular formula is C65H74B2N6O6Si. The smallest absolute Gasteiger partial charge is 0.423 e. The van der Waals surface area contributed by atoms with E-state index in [2.05, 4.69) is 131 Å². The number of amides is 2.